The van der Waals surface area contributed by atoms with Crippen LogP contribution in [0.2, 0.25) is 0 Å². The van der Waals surface area contributed by atoms with Crippen molar-refractivity contribution in [3.8, 4) is 0 Å². The van der Waals surface area contributed by atoms with E-state index in [9.17, 15) is 0 Å². The molecule has 0 amide bonds. The van der Waals surface area contributed by atoms with Crippen molar-refractivity contribution < 1.29 is 0 Å². The van der Waals surface area contributed by atoms with Gasteiger partial charge in [-0.05, 0) is 29.3 Å². The van der Waals surface area contributed by atoms with Gasteiger partial charge < -0.3 is 5.32 Å². The van der Waals surface area contributed by atoms with Crippen LogP contribution in [0.5, 0.6) is 0 Å². The van der Waals surface area contributed by atoms with Gasteiger partial charge in [-0.1, -0.05) is 52.0 Å². The summed E-state index contributed by atoms with van der Waals surface area (Å²) in [7, 11) is 0. The number of nitrogens with one attached hydrogen (secondary N) is 1. The molecule has 0 aliphatic heterocycles. The Hall–Kier alpha value is -0.470. The first-order valence-corrected chi connectivity index (χ1v) is 7.66. The lowest BCUT2D eigenvalue weighted by molar-refractivity contribution is 0.605. The normalized spacial score (nSPS) is 13.0. The molecule has 0 spiro atoms. The summed E-state index contributed by atoms with van der Waals surface area (Å²) in [6, 6.07) is 9.46. The zero-order chi connectivity index (χ0) is 12.7. The second-order valence-corrected chi connectivity index (χ2v) is 6.20. The van der Waals surface area contributed by atoms with Gasteiger partial charge in [0.1, 0.15) is 0 Å². The molecule has 1 rings (SSSR count). The molecule has 1 aromatic carbocycles. The lowest BCUT2D eigenvalue weighted by atomic mass is 10.0. The van der Waals surface area contributed by atoms with Gasteiger partial charge in [0, 0.05) is 11.8 Å². The van der Waals surface area contributed by atoms with Gasteiger partial charge in [0.25, 0.3) is 0 Å². The molecule has 0 saturated heterocycles. The van der Waals surface area contributed by atoms with Crippen LogP contribution < -0.4 is 5.32 Å². The van der Waals surface area contributed by atoms with Crippen LogP contribution in [-0.4, -0.2) is 17.5 Å². The van der Waals surface area contributed by atoms with Crippen molar-refractivity contribution in [1.29, 1.82) is 0 Å². The van der Waals surface area contributed by atoms with Crippen molar-refractivity contribution in [3.63, 3.8) is 0 Å². The van der Waals surface area contributed by atoms with Gasteiger partial charge in [0.2, 0.25) is 0 Å². The topological polar surface area (TPSA) is 12.0 Å². The van der Waals surface area contributed by atoms with Crippen LogP contribution >= 0.6 is 11.8 Å². The van der Waals surface area contributed by atoms with Crippen LogP contribution in [0.15, 0.2) is 24.3 Å². The van der Waals surface area contributed by atoms with Crippen LogP contribution in [0.3, 0.4) is 0 Å². The Balaban J connectivity index is 2.73. The monoisotopic (exact) mass is 251 g/mol. The Labute approximate surface area is 110 Å². The predicted octanol–water partition coefficient (Wildman–Crippen LogP) is 4.04. The van der Waals surface area contributed by atoms with Crippen molar-refractivity contribution >= 4 is 11.8 Å². The van der Waals surface area contributed by atoms with E-state index in [2.05, 4.69) is 57.3 Å². The van der Waals surface area contributed by atoms with Crippen LogP contribution in [0, 0.1) is 0 Å². The van der Waals surface area contributed by atoms with E-state index < -0.39 is 0 Å². The molecule has 0 radical (unpaired) electrons. The molecule has 0 fully saturated rings. The first-order valence-electron chi connectivity index (χ1n) is 6.61. The summed E-state index contributed by atoms with van der Waals surface area (Å²) in [4.78, 5) is 0. The zero-order valence-corrected chi connectivity index (χ0v) is 12.3. The molecule has 0 bridgehead atoms. The molecule has 96 valence electrons. The van der Waals surface area contributed by atoms with Crippen molar-refractivity contribution in [2.45, 2.75) is 45.4 Å². The Morgan fingerprint density at radius 1 is 1.24 bits per heavy atom. The highest BCUT2D eigenvalue weighted by Gasteiger charge is 2.11. The minimum atomic E-state index is 0.485. The van der Waals surface area contributed by atoms with Crippen molar-refractivity contribution in [2.75, 3.05) is 12.3 Å². The van der Waals surface area contributed by atoms with Crippen LogP contribution in [0.1, 0.15) is 44.9 Å². The molecule has 1 atom stereocenters. The van der Waals surface area contributed by atoms with E-state index in [4.69, 9.17) is 0 Å². The Kier molecular flexibility index (Phi) is 6.68. The van der Waals surface area contributed by atoms with E-state index in [1.54, 1.807) is 0 Å². The molecule has 1 unspecified atom stereocenters. The fourth-order valence-corrected chi connectivity index (χ4v) is 2.73. The van der Waals surface area contributed by atoms with Gasteiger partial charge >= 0.3 is 0 Å². The molecule has 17 heavy (non-hydrogen) atoms. The smallest absolute Gasteiger partial charge is 0.0411 e. The summed E-state index contributed by atoms with van der Waals surface area (Å²) >= 11 is 2.03. The fraction of sp³-hybridized carbons (Fsp3) is 0.600. The summed E-state index contributed by atoms with van der Waals surface area (Å²) in [6.45, 7) is 9.94. The SMILES string of the molecule is CCNC(CSC(C)C)c1cccc(CC)c1. The van der Waals surface area contributed by atoms with E-state index in [1.165, 1.54) is 11.1 Å². The van der Waals surface area contributed by atoms with Crippen molar-refractivity contribution in [1.82, 2.24) is 5.32 Å². The number of hydrogen-bond acceptors (Lipinski definition) is 2. The molecule has 0 aromatic heterocycles. The van der Waals surface area contributed by atoms with Crippen LogP contribution in [0.25, 0.3) is 0 Å². The number of benzene rings is 1. The Bertz CT molecular complexity index is 322. The average Bonchev–Trinajstić information content (AvgIpc) is 2.34. The molecule has 0 aliphatic rings. The lowest BCUT2D eigenvalue weighted by Gasteiger charge is -2.19. The first-order chi connectivity index (χ1) is 8.17. The maximum atomic E-state index is 3.58. The molecule has 0 saturated carbocycles. The molecule has 2 heteroatoms. The van der Waals surface area contributed by atoms with Crippen molar-refractivity contribution in [2.24, 2.45) is 0 Å². The summed E-state index contributed by atoms with van der Waals surface area (Å²) in [5.41, 5.74) is 2.86. The Morgan fingerprint density at radius 2 is 2.00 bits per heavy atom. The maximum absolute atomic E-state index is 3.58. The van der Waals surface area contributed by atoms with Gasteiger partial charge in [0.15, 0.2) is 0 Å². The third-order valence-corrected chi connectivity index (χ3v) is 4.00. The summed E-state index contributed by atoms with van der Waals surface area (Å²) in [5, 5.41) is 4.28. The third kappa shape index (κ3) is 5.13. The van der Waals surface area contributed by atoms with Gasteiger partial charge in [-0.3, -0.25) is 0 Å². The minimum absolute atomic E-state index is 0.485. The van der Waals surface area contributed by atoms with E-state index in [1.807, 2.05) is 11.8 Å². The second kappa shape index (κ2) is 7.78. The number of thioether (sulfide) groups is 1. The number of aryl methyl sites for hydroxylation is 1. The van der Waals surface area contributed by atoms with E-state index in [0.717, 1.165) is 18.7 Å². The zero-order valence-electron chi connectivity index (χ0n) is 11.5. The standard InChI is InChI=1S/C15H25NS/c1-5-13-8-7-9-14(10-13)15(16-6-2)11-17-12(3)4/h7-10,12,15-16H,5-6,11H2,1-4H3. The highest BCUT2D eigenvalue weighted by molar-refractivity contribution is 7.99. The van der Waals surface area contributed by atoms with Crippen LogP contribution in [-0.2, 0) is 6.42 Å². The van der Waals surface area contributed by atoms with Gasteiger partial charge in [-0.25, -0.2) is 0 Å². The van der Waals surface area contributed by atoms with E-state index in [-0.39, 0.29) is 0 Å². The average molecular weight is 251 g/mol. The number of hydrogen-bond donors (Lipinski definition) is 1. The summed E-state index contributed by atoms with van der Waals surface area (Å²) in [6.07, 6.45) is 1.12. The highest BCUT2D eigenvalue weighted by atomic mass is 32.2. The quantitative estimate of drug-likeness (QED) is 0.785. The number of rotatable bonds is 7. The molecule has 1 nitrogen and oxygen atoms in total. The lowest BCUT2D eigenvalue weighted by Crippen LogP contribution is -2.23. The molecular formula is C15H25NS. The summed E-state index contributed by atoms with van der Waals surface area (Å²) in [5.74, 6) is 1.15. The van der Waals surface area contributed by atoms with Gasteiger partial charge in [-0.15, -0.1) is 0 Å². The highest BCUT2D eigenvalue weighted by Crippen LogP contribution is 2.22. The largest absolute Gasteiger partial charge is 0.310 e. The summed E-state index contributed by atoms with van der Waals surface area (Å²) < 4.78 is 0. The van der Waals surface area contributed by atoms with Gasteiger partial charge in [-0.2, -0.15) is 11.8 Å². The molecular weight excluding hydrogens is 226 g/mol. The van der Waals surface area contributed by atoms with Crippen LogP contribution in [0.4, 0.5) is 0 Å². The molecule has 0 aliphatic carbocycles. The molecule has 1 N–H and O–H groups in total. The van der Waals surface area contributed by atoms with Gasteiger partial charge in [0.05, 0.1) is 0 Å². The fourth-order valence-electron chi connectivity index (χ4n) is 1.84. The minimum Gasteiger partial charge on any atom is -0.310 e. The molecule has 1 aromatic rings. The van der Waals surface area contributed by atoms with E-state index >= 15 is 0 Å². The third-order valence-electron chi connectivity index (χ3n) is 2.81. The molecule has 0 heterocycles. The Morgan fingerprint density at radius 3 is 2.59 bits per heavy atom. The predicted molar refractivity (Wildman–Crippen MR) is 79.8 cm³/mol. The second-order valence-electron chi connectivity index (χ2n) is 4.59. The first kappa shape index (κ1) is 14.6. The van der Waals surface area contributed by atoms with Crippen molar-refractivity contribution in [3.05, 3.63) is 35.4 Å². The maximum Gasteiger partial charge on any atom is 0.0411 e. The van der Waals surface area contributed by atoms with E-state index in [0.29, 0.717) is 11.3 Å².